The van der Waals surface area contributed by atoms with E-state index in [1.165, 1.54) is 0 Å². The summed E-state index contributed by atoms with van der Waals surface area (Å²) in [6, 6.07) is 17.7. The Morgan fingerprint density at radius 2 is 1.88 bits per heavy atom. The van der Waals surface area contributed by atoms with Gasteiger partial charge >= 0.3 is 0 Å². The van der Waals surface area contributed by atoms with Gasteiger partial charge in [0.2, 0.25) is 0 Å². The maximum atomic E-state index is 9.92. The van der Waals surface area contributed by atoms with Crippen molar-refractivity contribution < 1.29 is 14.9 Å². The first kappa shape index (κ1) is 17.9. The maximum absolute atomic E-state index is 9.92. The van der Waals surface area contributed by atoms with Crippen LogP contribution in [-0.2, 0) is 6.61 Å². The molecule has 2 N–H and O–H groups in total. The molecule has 2 aromatic rings. The summed E-state index contributed by atoms with van der Waals surface area (Å²) in [5.41, 5.74) is 1.98. The Labute approximate surface area is 153 Å². The lowest BCUT2D eigenvalue weighted by Gasteiger charge is -2.29. The van der Waals surface area contributed by atoms with Gasteiger partial charge in [0, 0.05) is 18.2 Å². The highest BCUT2D eigenvalue weighted by atomic mass is 16.5. The molecule has 136 valence electrons. The predicted molar refractivity (Wildman–Crippen MR) is 104 cm³/mol. The van der Waals surface area contributed by atoms with E-state index < -0.39 is 0 Å². The Hall–Kier alpha value is -2.95. The van der Waals surface area contributed by atoms with Gasteiger partial charge in [0.05, 0.1) is 6.54 Å². The van der Waals surface area contributed by atoms with Crippen molar-refractivity contribution in [1.82, 2.24) is 0 Å². The smallest absolute Gasteiger partial charge is 0.253 e. The lowest BCUT2D eigenvalue weighted by molar-refractivity contribution is 0.306. The molecule has 1 aliphatic rings. The highest BCUT2D eigenvalue weighted by molar-refractivity contribution is 5.99. The third-order valence-electron chi connectivity index (χ3n) is 4.24. The zero-order valence-electron chi connectivity index (χ0n) is 14.9. The van der Waals surface area contributed by atoms with E-state index in [1.807, 2.05) is 59.5 Å². The van der Waals surface area contributed by atoms with Crippen molar-refractivity contribution >= 4 is 11.5 Å². The van der Waals surface area contributed by atoms with Gasteiger partial charge < -0.3 is 19.8 Å². The van der Waals surface area contributed by atoms with Gasteiger partial charge in [0.15, 0.2) is 5.76 Å². The van der Waals surface area contributed by atoms with Crippen LogP contribution in [0.5, 0.6) is 5.75 Å². The molecule has 1 heterocycles. The summed E-state index contributed by atoms with van der Waals surface area (Å²) >= 11 is 0. The maximum Gasteiger partial charge on any atom is 0.253 e. The second kappa shape index (κ2) is 8.43. The average molecular weight is 352 g/mol. The van der Waals surface area contributed by atoms with Gasteiger partial charge in [-0.15, -0.1) is 0 Å². The summed E-state index contributed by atoms with van der Waals surface area (Å²) in [7, 11) is 0. The van der Waals surface area contributed by atoms with E-state index in [-0.39, 0.29) is 18.2 Å². The van der Waals surface area contributed by atoms with Crippen LogP contribution in [0.4, 0.5) is 5.69 Å². The molecule has 0 atom stereocenters. The van der Waals surface area contributed by atoms with Crippen LogP contribution < -0.4 is 9.64 Å². The number of nitrogens with zero attached hydrogens (tertiary/aromatic N) is 2. The number of aliphatic hydroxyl groups excluding tert-OH is 2. The SMILES string of the molecule is CCCCC1=NC(O)=C(O)CN1c1cccc(OCc2ccccc2)c1. The summed E-state index contributed by atoms with van der Waals surface area (Å²) in [5.74, 6) is 1.09. The molecule has 0 unspecified atom stereocenters. The topological polar surface area (TPSA) is 65.3 Å². The van der Waals surface area contributed by atoms with Gasteiger partial charge in [-0.25, -0.2) is 0 Å². The van der Waals surface area contributed by atoms with Gasteiger partial charge in [-0.1, -0.05) is 49.7 Å². The summed E-state index contributed by atoms with van der Waals surface area (Å²) in [6.07, 6.45) is 2.74. The second-order valence-electron chi connectivity index (χ2n) is 6.26. The third kappa shape index (κ3) is 4.36. The van der Waals surface area contributed by atoms with Crippen LogP contribution in [0.25, 0.3) is 0 Å². The van der Waals surface area contributed by atoms with Crippen molar-refractivity contribution in [1.29, 1.82) is 0 Å². The van der Waals surface area contributed by atoms with Crippen molar-refractivity contribution in [3.8, 4) is 5.75 Å². The van der Waals surface area contributed by atoms with Crippen LogP contribution in [0, 0.1) is 0 Å². The zero-order chi connectivity index (χ0) is 18.4. The highest BCUT2D eigenvalue weighted by Gasteiger charge is 2.22. The number of anilines is 1. The number of hydrogen-bond acceptors (Lipinski definition) is 5. The minimum absolute atomic E-state index is 0.124. The number of aliphatic hydroxyl groups is 2. The minimum Gasteiger partial charge on any atom is -0.505 e. The van der Waals surface area contributed by atoms with Crippen molar-refractivity contribution in [3.63, 3.8) is 0 Å². The zero-order valence-corrected chi connectivity index (χ0v) is 14.9. The summed E-state index contributed by atoms with van der Waals surface area (Å²) < 4.78 is 5.90. The fraction of sp³-hybridized carbons (Fsp3) is 0.286. The molecule has 1 aliphatic heterocycles. The standard InChI is InChI=1S/C21H24N2O3/c1-2-3-12-20-22-21(25)19(24)14-23(20)17-10-7-11-18(13-17)26-15-16-8-5-4-6-9-16/h4-11,13,24-25H,2-3,12,14-15H2,1H3. The number of hydrogen-bond donors (Lipinski definition) is 2. The molecule has 26 heavy (non-hydrogen) atoms. The molecule has 0 amide bonds. The minimum atomic E-state index is -0.288. The lowest BCUT2D eigenvalue weighted by Crippen LogP contribution is -2.36. The van der Waals surface area contributed by atoms with E-state index >= 15 is 0 Å². The summed E-state index contributed by atoms with van der Waals surface area (Å²) in [5, 5.41) is 19.7. The molecule has 2 aromatic carbocycles. The normalized spacial score (nSPS) is 14.3. The Bertz CT molecular complexity index is 800. The summed E-state index contributed by atoms with van der Waals surface area (Å²) in [4.78, 5) is 6.09. The fourth-order valence-electron chi connectivity index (χ4n) is 2.81. The number of amidine groups is 1. The van der Waals surface area contributed by atoms with Crippen molar-refractivity contribution in [2.24, 2.45) is 4.99 Å². The van der Waals surface area contributed by atoms with Crippen molar-refractivity contribution in [2.45, 2.75) is 32.8 Å². The molecular formula is C21H24N2O3. The van der Waals surface area contributed by atoms with Crippen LogP contribution in [0.1, 0.15) is 31.7 Å². The lowest BCUT2D eigenvalue weighted by atomic mass is 10.1. The van der Waals surface area contributed by atoms with Crippen LogP contribution in [-0.4, -0.2) is 22.6 Å². The Balaban J connectivity index is 1.76. The molecule has 3 rings (SSSR count). The molecular weight excluding hydrogens is 328 g/mol. The quantitative estimate of drug-likeness (QED) is 0.739. The van der Waals surface area contributed by atoms with E-state index in [0.29, 0.717) is 6.61 Å². The summed E-state index contributed by atoms with van der Waals surface area (Å²) in [6.45, 7) is 2.81. The molecule has 0 radical (unpaired) electrons. The van der Waals surface area contributed by atoms with Crippen LogP contribution in [0.2, 0.25) is 0 Å². The van der Waals surface area contributed by atoms with E-state index in [0.717, 1.165) is 42.1 Å². The van der Waals surface area contributed by atoms with Gasteiger partial charge in [0.25, 0.3) is 5.88 Å². The first-order valence-corrected chi connectivity index (χ1v) is 8.90. The van der Waals surface area contributed by atoms with E-state index in [2.05, 4.69) is 11.9 Å². The Morgan fingerprint density at radius 1 is 1.08 bits per heavy atom. The predicted octanol–water partition coefficient (Wildman–Crippen LogP) is 4.96. The number of unbranched alkanes of at least 4 members (excludes halogenated alkanes) is 1. The second-order valence-corrected chi connectivity index (χ2v) is 6.26. The van der Waals surface area contributed by atoms with Crippen molar-refractivity contribution in [3.05, 3.63) is 71.8 Å². The largest absolute Gasteiger partial charge is 0.505 e. The van der Waals surface area contributed by atoms with Gasteiger partial charge in [-0.2, -0.15) is 4.99 Å². The molecule has 5 nitrogen and oxygen atoms in total. The van der Waals surface area contributed by atoms with Crippen LogP contribution >= 0.6 is 0 Å². The van der Waals surface area contributed by atoms with E-state index in [4.69, 9.17) is 4.74 Å². The van der Waals surface area contributed by atoms with Crippen LogP contribution in [0.15, 0.2) is 71.2 Å². The molecule has 0 saturated heterocycles. The monoisotopic (exact) mass is 352 g/mol. The molecule has 0 bridgehead atoms. The number of benzene rings is 2. The molecule has 0 saturated carbocycles. The number of rotatable bonds is 7. The molecule has 0 aliphatic carbocycles. The van der Waals surface area contributed by atoms with Gasteiger partial charge in [0.1, 0.15) is 18.2 Å². The Morgan fingerprint density at radius 3 is 2.65 bits per heavy atom. The third-order valence-corrected chi connectivity index (χ3v) is 4.24. The first-order valence-electron chi connectivity index (χ1n) is 8.90. The first-order chi connectivity index (χ1) is 12.7. The fourth-order valence-corrected chi connectivity index (χ4v) is 2.81. The van der Waals surface area contributed by atoms with E-state index in [9.17, 15) is 10.2 Å². The van der Waals surface area contributed by atoms with Crippen molar-refractivity contribution in [2.75, 3.05) is 11.4 Å². The molecule has 0 fully saturated rings. The number of ether oxygens (including phenoxy) is 1. The van der Waals surface area contributed by atoms with Gasteiger partial charge in [-0.05, 0) is 24.1 Å². The van der Waals surface area contributed by atoms with Gasteiger partial charge in [-0.3, -0.25) is 0 Å². The van der Waals surface area contributed by atoms with Crippen LogP contribution in [0.3, 0.4) is 0 Å². The average Bonchev–Trinajstić information content (AvgIpc) is 2.68. The molecule has 5 heteroatoms. The molecule has 0 spiro atoms. The van der Waals surface area contributed by atoms with E-state index in [1.54, 1.807) is 0 Å². The molecule has 0 aromatic heterocycles. The highest BCUT2D eigenvalue weighted by Crippen LogP contribution is 2.26. The number of aliphatic imine (C=N–C) groups is 1. The Kier molecular flexibility index (Phi) is 5.79.